The van der Waals surface area contributed by atoms with E-state index in [0.717, 1.165) is 10.6 Å². The van der Waals surface area contributed by atoms with Gasteiger partial charge in [-0.2, -0.15) is 5.26 Å². The van der Waals surface area contributed by atoms with Gasteiger partial charge in [-0.1, -0.05) is 23.9 Å². The first kappa shape index (κ1) is 19.0. The molecule has 0 unspecified atom stereocenters. The van der Waals surface area contributed by atoms with Crippen molar-refractivity contribution in [1.29, 1.82) is 5.26 Å². The molecular weight excluding hydrogens is 382 g/mol. The Balaban J connectivity index is 1.76. The Kier molecular flexibility index (Phi) is 5.84. The van der Waals surface area contributed by atoms with Gasteiger partial charge in [0.1, 0.15) is 21.7 Å². The fourth-order valence-electron chi connectivity index (χ4n) is 2.54. The lowest BCUT2D eigenvalue weighted by Gasteiger charge is -2.14. The van der Waals surface area contributed by atoms with Gasteiger partial charge in [-0.3, -0.25) is 4.79 Å². The van der Waals surface area contributed by atoms with E-state index in [-0.39, 0.29) is 5.57 Å². The number of Topliss-reactive ketones (excluding diaryl/α,β-unsaturated/α-hetero) is 1. The number of fused-ring (bicyclic) bond motifs is 1. The number of para-hydroxylation sites is 1. The second kappa shape index (κ2) is 8.29. The summed E-state index contributed by atoms with van der Waals surface area (Å²) in [4.78, 5) is 31.7. The number of ketones is 1. The number of nitrogens with zero attached hydrogens (tertiary/aromatic N) is 3. The second-order valence-corrected chi connectivity index (χ2v) is 7.31. The van der Waals surface area contributed by atoms with E-state index in [1.54, 1.807) is 36.5 Å². The molecule has 0 fully saturated rings. The van der Waals surface area contributed by atoms with Crippen molar-refractivity contribution in [3.8, 4) is 6.07 Å². The number of ether oxygens (including phenoxy) is 1. The number of esters is 1. The summed E-state index contributed by atoms with van der Waals surface area (Å²) in [6.45, 7) is -0.501. The van der Waals surface area contributed by atoms with Crippen molar-refractivity contribution in [2.75, 3.05) is 24.8 Å². The van der Waals surface area contributed by atoms with E-state index in [2.05, 4.69) is 4.98 Å². The van der Waals surface area contributed by atoms with Crippen molar-refractivity contribution in [2.45, 2.75) is 9.92 Å². The number of aromatic nitrogens is 1. The minimum atomic E-state index is -0.640. The van der Waals surface area contributed by atoms with Crippen LogP contribution in [0.1, 0.15) is 10.4 Å². The minimum absolute atomic E-state index is 0.0252. The predicted molar refractivity (Wildman–Crippen MR) is 105 cm³/mol. The molecule has 6 nitrogen and oxygen atoms in total. The number of hydrogen-bond acceptors (Lipinski definition) is 8. The monoisotopic (exact) mass is 397 g/mol. The zero-order chi connectivity index (χ0) is 19.4. The highest BCUT2D eigenvalue weighted by molar-refractivity contribution is 8.03. The predicted octanol–water partition coefficient (Wildman–Crippen LogP) is 3.51. The molecule has 2 heterocycles. The number of anilines is 1. The molecule has 0 atom stereocenters. The molecule has 1 aliphatic rings. The van der Waals surface area contributed by atoms with Crippen LogP contribution >= 0.6 is 23.5 Å². The molecule has 1 aromatic heterocycles. The Morgan fingerprint density at radius 1 is 1.30 bits per heavy atom. The Labute approximate surface area is 165 Å². The maximum absolute atomic E-state index is 12.5. The van der Waals surface area contributed by atoms with Crippen LogP contribution in [-0.4, -0.2) is 36.6 Å². The van der Waals surface area contributed by atoms with Gasteiger partial charge in [0.2, 0.25) is 5.78 Å². The summed E-state index contributed by atoms with van der Waals surface area (Å²) >= 11 is 2.66. The molecule has 3 rings (SSSR count). The summed E-state index contributed by atoms with van der Waals surface area (Å²) in [6.07, 6.45) is 3.38. The van der Waals surface area contributed by atoms with E-state index in [1.165, 1.54) is 23.5 Å². The van der Waals surface area contributed by atoms with Gasteiger partial charge in [-0.25, -0.2) is 9.78 Å². The summed E-state index contributed by atoms with van der Waals surface area (Å²) in [5, 5.41) is 10.6. The van der Waals surface area contributed by atoms with E-state index in [1.807, 2.05) is 30.3 Å². The van der Waals surface area contributed by atoms with Gasteiger partial charge in [0, 0.05) is 18.1 Å². The topological polar surface area (TPSA) is 83.3 Å². The van der Waals surface area contributed by atoms with Crippen LogP contribution in [0.15, 0.2) is 63.1 Å². The fraction of sp³-hybridized carbons (Fsp3) is 0.158. The van der Waals surface area contributed by atoms with Gasteiger partial charge < -0.3 is 9.64 Å². The van der Waals surface area contributed by atoms with E-state index in [0.29, 0.717) is 15.6 Å². The number of nitriles is 1. The number of carbonyl (C=O) groups excluding carboxylic acids is 2. The van der Waals surface area contributed by atoms with Crippen LogP contribution < -0.4 is 4.90 Å². The number of rotatable bonds is 5. The molecule has 136 valence electrons. The fourth-order valence-corrected chi connectivity index (χ4v) is 4.24. The standard InChI is InChI=1S/C19H15N3O3S2/c1-22-14-7-3-4-8-16(14)27-18(22)13(10-20)15(23)11-25-19(24)12-6-5-9-21-17(12)26-2/h3-9H,11H2,1-2H3/b18-13-. The molecular formula is C19H15N3O3S2. The SMILES string of the molecule is CSc1ncccc1C(=O)OCC(=O)/C(C#N)=C1\Sc2ccccc2N1C. The lowest BCUT2D eigenvalue weighted by Crippen LogP contribution is -2.20. The van der Waals surface area contributed by atoms with E-state index < -0.39 is 18.4 Å². The number of benzene rings is 1. The van der Waals surface area contributed by atoms with Crippen LogP contribution in [0.2, 0.25) is 0 Å². The van der Waals surface area contributed by atoms with Crippen molar-refractivity contribution in [3.05, 3.63) is 58.8 Å². The molecule has 0 spiro atoms. The smallest absolute Gasteiger partial charge is 0.341 e. The molecule has 0 N–H and O–H groups in total. The number of carbonyl (C=O) groups is 2. The van der Waals surface area contributed by atoms with E-state index in [4.69, 9.17) is 4.74 Å². The van der Waals surface area contributed by atoms with Crippen LogP contribution in [0, 0.1) is 11.3 Å². The third-order valence-electron chi connectivity index (χ3n) is 3.86. The average molecular weight is 397 g/mol. The molecule has 0 saturated heterocycles. The first-order valence-electron chi connectivity index (χ1n) is 7.91. The second-order valence-electron chi connectivity index (χ2n) is 5.48. The average Bonchev–Trinajstić information content (AvgIpc) is 3.03. The summed E-state index contributed by atoms with van der Waals surface area (Å²) < 4.78 is 5.13. The van der Waals surface area contributed by atoms with Gasteiger partial charge in [0.15, 0.2) is 6.61 Å². The summed E-state index contributed by atoms with van der Waals surface area (Å²) in [6, 6.07) is 12.8. The first-order chi connectivity index (χ1) is 13.1. The largest absolute Gasteiger partial charge is 0.454 e. The quantitative estimate of drug-likeness (QED) is 0.328. The Bertz CT molecular complexity index is 982. The maximum Gasteiger partial charge on any atom is 0.341 e. The van der Waals surface area contributed by atoms with Gasteiger partial charge in [-0.05, 0) is 30.5 Å². The lowest BCUT2D eigenvalue weighted by molar-refractivity contribution is -0.118. The van der Waals surface area contributed by atoms with Crippen LogP contribution in [0.5, 0.6) is 0 Å². The van der Waals surface area contributed by atoms with Crippen molar-refractivity contribution in [3.63, 3.8) is 0 Å². The molecule has 2 aromatic rings. The normalized spacial score (nSPS) is 14.3. The van der Waals surface area contributed by atoms with E-state index >= 15 is 0 Å². The minimum Gasteiger partial charge on any atom is -0.454 e. The lowest BCUT2D eigenvalue weighted by atomic mass is 10.2. The zero-order valence-corrected chi connectivity index (χ0v) is 16.3. The van der Waals surface area contributed by atoms with Gasteiger partial charge >= 0.3 is 5.97 Å². The van der Waals surface area contributed by atoms with Crippen LogP contribution in [0.3, 0.4) is 0 Å². The van der Waals surface area contributed by atoms with Gasteiger partial charge in [0.05, 0.1) is 11.3 Å². The molecule has 0 amide bonds. The number of pyridine rings is 1. The maximum atomic E-state index is 12.5. The van der Waals surface area contributed by atoms with Gasteiger partial charge in [0.25, 0.3) is 0 Å². The van der Waals surface area contributed by atoms with Crippen molar-refractivity contribution in [1.82, 2.24) is 4.98 Å². The molecule has 1 aromatic carbocycles. The van der Waals surface area contributed by atoms with Gasteiger partial charge in [-0.15, -0.1) is 11.8 Å². The molecule has 0 bridgehead atoms. The number of hydrogen-bond donors (Lipinski definition) is 0. The van der Waals surface area contributed by atoms with Crippen LogP contribution in [0.4, 0.5) is 5.69 Å². The van der Waals surface area contributed by atoms with Crippen LogP contribution in [-0.2, 0) is 9.53 Å². The molecule has 8 heteroatoms. The molecule has 0 radical (unpaired) electrons. The molecule has 27 heavy (non-hydrogen) atoms. The summed E-state index contributed by atoms with van der Waals surface area (Å²) in [5.74, 6) is -1.18. The first-order valence-corrected chi connectivity index (χ1v) is 9.95. The van der Waals surface area contributed by atoms with Crippen molar-refractivity contribution in [2.24, 2.45) is 0 Å². The van der Waals surface area contributed by atoms with Crippen LogP contribution in [0.25, 0.3) is 0 Å². The third-order valence-corrected chi connectivity index (χ3v) is 5.81. The summed E-state index contributed by atoms with van der Waals surface area (Å²) in [7, 11) is 1.80. The number of thioether (sulfide) groups is 2. The Hall–Kier alpha value is -2.76. The highest BCUT2D eigenvalue weighted by Crippen LogP contribution is 2.46. The molecule has 0 aliphatic carbocycles. The van der Waals surface area contributed by atoms with Crippen molar-refractivity contribution >= 4 is 41.0 Å². The Morgan fingerprint density at radius 2 is 2.07 bits per heavy atom. The highest BCUT2D eigenvalue weighted by Gasteiger charge is 2.28. The molecule has 0 saturated carbocycles. The van der Waals surface area contributed by atoms with E-state index in [9.17, 15) is 14.9 Å². The third kappa shape index (κ3) is 3.84. The highest BCUT2D eigenvalue weighted by atomic mass is 32.2. The zero-order valence-electron chi connectivity index (χ0n) is 14.6. The summed E-state index contributed by atoms with van der Waals surface area (Å²) in [5.41, 5.74) is 1.20. The Morgan fingerprint density at radius 3 is 2.78 bits per heavy atom. The molecule has 1 aliphatic heterocycles. The van der Waals surface area contributed by atoms with Crippen molar-refractivity contribution < 1.29 is 14.3 Å².